The summed E-state index contributed by atoms with van der Waals surface area (Å²) in [5.41, 5.74) is 0.717. The summed E-state index contributed by atoms with van der Waals surface area (Å²) in [6, 6.07) is 4.01. The van der Waals surface area contributed by atoms with E-state index in [4.69, 9.17) is 0 Å². The Kier molecular flexibility index (Phi) is 5.56. The van der Waals surface area contributed by atoms with Crippen LogP contribution in [0.25, 0.3) is 0 Å². The van der Waals surface area contributed by atoms with Crippen molar-refractivity contribution in [2.24, 2.45) is 5.92 Å². The zero-order valence-electron chi connectivity index (χ0n) is 10.8. The van der Waals surface area contributed by atoms with Crippen molar-refractivity contribution in [3.8, 4) is 0 Å². The number of benzene rings is 1. The van der Waals surface area contributed by atoms with Crippen LogP contribution < -0.4 is 5.32 Å². The molecule has 1 N–H and O–H groups in total. The van der Waals surface area contributed by atoms with Gasteiger partial charge in [-0.25, -0.2) is 8.78 Å². The fourth-order valence-electron chi connectivity index (χ4n) is 2.11. The summed E-state index contributed by atoms with van der Waals surface area (Å²) in [5, 5.41) is 3.36. The second-order valence-corrected chi connectivity index (χ2v) is 4.87. The number of hydrogen-bond acceptors (Lipinski definition) is 1. The molecule has 1 rings (SSSR count). The Hall–Kier alpha value is -0.960. The van der Waals surface area contributed by atoms with Gasteiger partial charge < -0.3 is 5.32 Å². The van der Waals surface area contributed by atoms with E-state index in [0.29, 0.717) is 17.9 Å². The Morgan fingerprint density at radius 2 is 1.71 bits per heavy atom. The zero-order valence-corrected chi connectivity index (χ0v) is 10.8. The highest BCUT2D eigenvalue weighted by atomic mass is 19.1. The molecule has 0 spiro atoms. The Bertz CT molecular complexity index is 330. The Balaban J connectivity index is 2.70. The molecule has 0 aromatic heterocycles. The van der Waals surface area contributed by atoms with Crippen LogP contribution in [0.15, 0.2) is 18.2 Å². The lowest BCUT2D eigenvalue weighted by molar-refractivity contribution is 0.422. The normalized spacial score (nSPS) is 13.1. The fourth-order valence-corrected chi connectivity index (χ4v) is 2.11. The van der Waals surface area contributed by atoms with E-state index in [1.807, 2.05) is 6.92 Å². The van der Waals surface area contributed by atoms with Crippen LogP contribution in [0.2, 0.25) is 0 Å². The molecule has 0 saturated heterocycles. The van der Waals surface area contributed by atoms with Gasteiger partial charge in [0.05, 0.1) is 0 Å². The third-order valence-corrected chi connectivity index (χ3v) is 2.65. The SMILES string of the molecule is CCNC(Cc1cc(F)cc(F)c1)CC(C)C. The summed E-state index contributed by atoms with van der Waals surface area (Å²) >= 11 is 0. The minimum absolute atomic E-state index is 0.279. The summed E-state index contributed by atoms with van der Waals surface area (Å²) in [4.78, 5) is 0. The van der Waals surface area contributed by atoms with Crippen LogP contribution in [0.1, 0.15) is 32.8 Å². The summed E-state index contributed by atoms with van der Waals surface area (Å²) in [5.74, 6) is -0.433. The molecule has 0 radical (unpaired) electrons. The molecule has 1 unspecified atom stereocenters. The number of rotatable bonds is 6. The van der Waals surface area contributed by atoms with Gasteiger partial charge in [0, 0.05) is 12.1 Å². The van der Waals surface area contributed by atoms with Crippen LogP contribution in [-0.2, 0) is 6.42 Å². The van der Waals surface area contributed by atoms with Crippen molar-refractivity contribution < 1.29 is 8.78 Å². The number of hydrogen-bond donors (Lipinski definition) is 1. The minimum atomic E-state index is -0.500. The highest BCUT2D eigenvalue weighted by molar-refractivity contribution is 5.19. The van der Waals surface area contributed by atoms with Gasteiger partial charge in [0.2, 0.25) is 0 Å². The van der Waals surface area contributed by atoms with Crippen molar-refractivity contribution in [3.63, 3.8) is 0 Å². The summed E-state index contributed by atoms with van der Waals surface area (Å²) < 4.78 is 26.1. The summed E-state index contributed by atoms with van der Waals surface area (Å²) in [6.07, 6.45) is 1.67. The first-order valence-electron chi connectivity index (χ1n) is 6.19. The minimum Gasteiger partial charge on any atom is -0.314 e. The average molecular weight is 241 g/mol. The quantitative estimate of drug-likeness (QED) is 0.803. The molecular weight excluding hydrogens is 220 g/mol. The van der Waals surface area contributed by atoms with Crippen molar-refractivity contribution in [1.82, 2.24) is 5.32 Å². The van der Waals surface area contributed by atoms with Crippen LogP contribution in [0, 0.1) is 17.6 Å². The van der Waals surface area contributed by atoms with E-state index in [0.717, 1.165) is 19.0 Å². The standard InChI is InChI=1S/C14H21F2N/c1-4-17-14(5-10(2)3)8-11-6-12(15)9-13(16)7-11/h6-7,9-10,14,17H,4-5,8H2,1-3H3. The van der Waals surface area contributed by atoms with Crippen LogP contribution in [0.3, 0.4) is 0 Å². The van der Waals surface area contributed by atoms with E-state index < -0.39 is 11.6 Å². The maximum atomic E-state index is 13.1. The molecule has 0 fully saturated rings. The topological polar surface area (TPSA) is 12.0 Å². The van der Waals surface area contributed by atoms with Crippen molar-refractivity contribution in [2.45, 2.75) is 39.7 Å². The van der Waals surface area contributed by atoms with E-state index in [1.165, 1.54) is 12.1 Å². The predicted octanol–water partition coefficient (Wildman–Crippen LogP) is 3.53. The van der Waals surface area contributed by atoms with E-state index in [9.17, 15) is 8.78 Å². The van der Waals surface area contributed by atoms with E-state index in [-0.39, 0.29) is 6.04 Å². The third kappa shape index (κ3) is 5.26. The monoisotopic (exact) mass is 241 g/mol. The number of nitrogens with one attached hydrogen (secondary N) is 1. The molecule has 1 aromatic rings. The second kappa shape index (κ2) is 6.70. The maximum Gasteiger partial charge on any atom is 0.126 e. The van der Waals surface area contributed by atoms with Gasteiger partial charge in [-0.05, 0) is 43.0 Å². The third-order valence-electron chi connectivity index (χ3n) is 2.65. The fraction of sp³-hybridized carbons (Fsp3) is 0.571. The predicted molar refractivity (Wildman–Crippen MR) is 67.0 cm³/mol. The van der Waals surface area contributed by atoms with Gasteiger partial charge in [-0.1, -0.05) is 20.8 Å². The van der Waals surface area contributed by atoms with Crippen molar-refractivity contribution in [2.75, 3.05) is 6.54 Å². The van der Waals surface area contributed by atoms with E-state index in [2.05, 4.69) is 19.2 Å². The highest BCUT2D eigenvalue weighted by Crippen LogP contribution is 2.14. The molecular formula is C14H21F2N. The van der Waals surface area contributed by atoms with Gasteiger partial charge >= 0.3 is 0 Å². The van der Waals surface area contributed by atoms with Gasteiger partial charge in [-0.15, -0.1) is 0 Å². The maximum absolute atomic E-state index is 13.1. The largest absolute Gasteiger partial charge is 0.314 e. The average Bonchev–Trinajstić information content (AvgIpc) is 2.14. The lowest BCUT2D eigenvalue weighted by atomic mass is 9.97. The molecule has 0 heterocycles. The summed E-state index contributed by atoms with van der Waals surface area (Å²) in [7, 11) is 0. The molecule has 1 nitrogen and oxygen atoms in total. The molecule has 96 valence electrons. The van der Waals surface area contributed by atoms with E-state index >= 15 is 0 Å². The highest BCUT2D eigenvalue weighted by Gasteiger charge is 2.11. The Labute approximate surface area is 102 Å². The summed E-state index contributed by atoms with van der Waals surface area (Å²) in [6.45, 7) is 7.21. The first kappa shape index (κ1) is 14.1. The molecule has 0 aliphatic heterocycles. The second-order valence-electron chi connectivity index (χ2n) is 4.87. The molecule has 0 aliphatic rings. The molecule has 3 heteroatoms. The zero-order chi connectivity index (χ0) is 12.8. The first-order valence-corrected chi connectivity index (χ1v) is 6.19. The van der Waals surface area contributed by atoms with Crippen LogP contribution in [0.4, 0.5) is 8.78 Å². The van der Waals surface area contributed by atoms with Gasteiger partial charge in [0.1, 0.15) is 11.6 Å². The van der Waals surface area contributed by atoms with Gasteiger partial charge in [-0.3, -0.25) is 0 Å². The molecule has 0 amide bonds. The van der Waals surface area contributed by atoms with Crippen molar-refractivity contribution >= 4 is 0 Å². The lowest BCUT2D eigenvalue weighted by Crippen LogP contribution is -2.32. The van der Waals surface area contributed by atoms with Crippen LogP contribution in [-0.4, -0.2) is 12.6 Å². The molecule has 1 aromatic carbocycles. The van der Waals surface area contributed by atoms with E-state index in [1.54, 1.807) is 0 Å². The molecule has 17 heavy (non-hydrogen) atoms. The Morgan fingerprint density at radius 1 is 1.12 bits per heavy atom. The molecule has 0 saturated carbocycles. The van der Waals surface area contributed by atoms with Gasteiger partial charge in [0.15, 0.2) is 0 Å². The number of halogens is 2. The van der Waals surface area contributed by atoms with Crippen LogP contribution >= 0.6 is 0 Å². The molecule has 0 aliphatic carbocycles. The van der Waals surface area contributed by atoms with Crippen molar-refractivity contribution in [3.05, 3.63) is 35.4 Å². The number of likely N-dealkylation sites (N-methyl/N-ethyl adjacent to an activating group) is 1. The smallest absolute Gasteiger partial charge is 0.126 e. The van der Waals surface area contributed by atoms with Crippen LogP contribution in [0.5, 0.6) is 0 Å². The van der Waals surface area contributed by atoms with Gasteiger partial charge in [0.25, 0.3) is 0 Å². The molecule has 1 atom stereocenters. The first-order chi connectivity index (χ1) is 8.01. The molecule has 0 bridgehead atoms. The van der Waals surface area contributed by atoms with Crippen molar-refractivity contribution in [1.29, 1.82) is 0 Å². The lowest BCUT2D eigenvalue weighted by Gasteiger charge is -2.20. The van der Waals surface area contributed by atoms with Gasteiger partial charge in [-0.2, -0.15) is 0 Å². The Morgan fingerprint density at radius 3 is 2.18 bits per heavy atom.